The van der Waals surface area contributed by atoms with Crippen molar-refractivity contribution in [1.29, 1.82) is 0 Å². The average Bonchev–Trinajstić information content (AvgIpc) is 2.03. The van der Waals surface area contributed by atoms with E-state index in [0.717, 1.165) is 16.6 Å². The fourth-order valence-corrected chi connectivity index (χ4v) is 1.64. The molecule has 0 aliphatic rings. The van der Waals surface area contributed by atoms with Crippen LogP contribution in [0.15, 0.2) is 24.3 Å². The average molecular weight is 239 g/mol. The molecule has 1 rings (SSSR count). The van der Waals surface area contributed by atoms with Gasteiger partial charge in [-0.2, -0.15) is 0 Å². The van der Waals surface area contributed by atoms with Crippen molar-refractivity contribution in [3.63, 3.8) is 0 Å². The standard InChI is InChI=1S/C8H7F3Se/c1-12-7-4-2-6(3-5-7)8(9,10)11/h2-5H,1H3. The first-order valence-electron chi connectivity index (χ1n) is 3.25. The predicted octanol–water partition coefficient (Wildman–Crippen LogP) is 2.08. The van der Waals surface area contributed by atoms with Gasteiger partial charge in [0.05, 0.1) is 0 Å². The fraction of sp³-hybridized carbons (Fsp3) is 0.250. The molecule has 0 spiro atoms. The van der Waals surface area contributed by atoms with Crippen molar-refractivity contribution in [2.24, 2.45) is 0 Å². The van der Waals surface area contributed by atoms with Gasteiger partial charge in [0.25, 0.3) is 0 Å². The van der Waals surface area contributed by atoms with Crippen molar-refractivity contribution < 1.29 is 13.2 Å². The Kier molecular flexibility index (Phi) is 2.80. The van der Waals surface area contributed by atoms with Gasteiger partial charge in [-0.15, -0.1) is 0 Å². The van der Waals surface area contributed by atoms with E-state index in [1.807, 2.05) is 5.82 Å². The van der Waals surface area contributed by atoms with E-state index in [4.69, 9.17) is 0 Å². The van der Waals surface area contributed by atoms with E-state index in [1.54, 1.807) is 0 Å². The van der Waals surface area contributed by atoms with Gasteiger partial charge in [-0.1, -0.05) is 0 Å². The van der Waals surface area contributed by atoms with Crippen LogP contribution in [0.25, 0.3) is 0 Å². The molecule has 1 aromatic carbocycles. The van der Waals surface area contributed by atoms with E-state index < -0.39 is 11.7 Å². The second kappa shape index (κ2) is 3.50. The maximum atomic E-state index is 12.0. The third kappa shape index (κ3) is 2.26. The number of benzene rings is 1. The predicted molar refractivity (Wildman–Crippen MR) is 42.7 cm³/mol. The van der Waals surface area contributed by atoms with Gasteiger partial charge in [-0.3, -0.25) is 0 Å². The first-order chi connectivity index (χ1) is 5.54. The van der Waals surface area contributed by atoms with Crippen LogP contribution in [0.1, 0.15) is 5.56 Å². The second-order valence-electron chi connectivity index (χ2n) is 2.23. The third-order valence-corrected chi connectivity index (χ3v) is 2.98. The van der Waals surface area contributed by atoms with Gasteiger partial charge in [0.15, 0.2) is 0 Å². The summed E-state index contributed by atoms with van der Waals surface area (Å²) < 4.78 is 37.1. The molecule has 0 unspecified atom stereocenters. The van der Waals surface area contributed by atoms with E-state index >= 15 is 0 Å². The van der Waals surface area contributed by atoms with Crippen molar-refractivity contribution in [3.8, 4) is 0 Å². The summed E-state index contributed by atoms with van der Waals surface area (Å²) in [6.07, 6.45) is -4.21. The van der Waals surface area contributed by atoms with Gasteiger partial charge in [-0.25, -0.2) is 0 Å². The van der Waals surface area contributed by atoms with Crippen LogP contribution in [0, 0.1) is 0 Å². The van der Waals surface area contributed by atoms with Crippen LogP contribution < -0.4 is 4.46 Å². The Balaban J connectivity index is 2.93. The number of hydrogen-bond donors (Lipinski definition) is 0. The zero-order valence-electron chi connectivity index (χ0n) is 6.35. The summed E-state index contributed by atoms with van der Waals surface area (Å²) in [6.45, 7) is 0. The quantitative estimate of drug-likeness (QED) is 0.658. The van der Waals surface area contributed by atoms with E-state index in [2.05, 4.69) is 0 Å². The maximum absolute atomic E-state index is 12.0. The van der Waals surface area contributed by atoms with Gasteiger partial charge < -0.3 is 0 Å². The van der Waals surface area contributed by atoms with Crippen molar-refractivity contribution >= 4 is 19.4 Å². The van der Waals surface area contributed by atoms with E-state index in [-0.39, 0.29) is 15.0 Å². The molecule has 0 saturated heterocycles. The van der Waals surface area contributed by atoms with Crippen molar-refractivity contribution in [2.45, 2.75) is 12.0 Å². The summed E-state index contributed by atoms with van der Waals surface area (Å²) in [5, 5.41) is 0. The van der Waals surface area contributed by atoms with Gasteiger partial charge in [0, 0.05) is 0 Å². The summed E-state index contributed by atoms with van der Waals surface area (Å²) in [5.41, 5.74) is -0.574. The molecule has 0 aromatic heterocycles. The van der Waals surface area contributed by atoms with Crippen molar-refractivity contribution in [2.75, 3.05) is 0 Å². The van der Waals surface area contributed by atoms with Gasteiger partial charge >= 0.3 is 74.4 Å². The summed E-state index contributed by atoms with van der Waals surface area (Å²) in [5.74, 6) is 1.97. The minimum absolute atomic E-state index is 0.268. The Bertz CT molecular complexity index is 250. The van der Waals surface area contributed by atoms with Crippen LogP contribution in [0.3, 0.4) is 0 Å². The molecule has 0 aliphatic carbocycles. The molecule has 0 bridgehead atoms. The molecule has 0 fully saturated rings. The molecule has 0 heterocycles. The van der Waals surface area contributed by atoms with Crippen LogP contribution in [0.4, 0.5) is 13.2 Å². The number of alkyl halides is 3. The molecular weight excluding hydrogens is 232 g/mol. The van der Waals surface area contributed by atoms with Crippen molar-refractivity contribution in [1.82, 2.24) is 0 Å². The fourth-order valence-electron chi connectivity index (χ4n) is 0.780. The Morgan fingerprint density at radius 1 is 1.08 bits per heavy atom. The SMILES string of the molecule is C[Se]c1ccc(C(F)(F)F)cc1. The van der Waals surface area contributed by atoms with E-state index in [1.165, 1.54) is 12.1 Å². The molecule has 0 atom stereocenters. The molecule has 0 nitrogen and oxygen atoms in total. The van der Waals surface area contributed by atoms with Crippen LogP contribution in [-0.2, 0) is 6.18 Å². The summed E-state index contributed by atoms with van der Waals surface area (Å²) in [7, 11) is 0. The minimum atomic E-state index is -4.21. The molecule has 0 aliphatic heterocycles. The van der Waals surface area contributed by atoms with Crippen LogP contribution in [0.2, 0.25) is 5.82 Å². The Hall–Kier alpha value is -0.471. The normalized spacial score (nSPS) is 11.7. The van der Waals surface area contributed by atoms with Crippen molar-refractivity contribution in [3.05, 3.63) is 29.8 Å². The Labute approximate surface area is 74.9 Å². The number of hydrogen-bond acceptors (Lipinski definition) is 0. The zero-order chi connectivity index (χ0) is 9.19. The molecule has 12 heavy (non-hydrogen) atoms. The van der Waals surface area contributed by atoms with Gasteiger partial charge in [-0.05, 0) is 0 Å². The van der Waals surface area contributed by atoms with Crippen LogP contribution in [-0.4, -0.2) is 15.0 Å². The zero-order valence-corrected chi connectivity index (χ0v) is 8.06. The second-order valence-corrected chi connectivity index (χ2v) is 4.07. The summed E-state index contributed by atoms with van der Waals surface area (Å²) >= 11 is 0.268. The van der Waals surface area contributed by atoms with Gasteiger partial charge in [0.1, 0.15) is 0 Å². The summed E-state index contributed by atoms with van der Waals surface area (Å²) in [4.78, 5) is 0. The molecule has 66 valence electrons. The Morgan fingerprint density at radius 3 is 1.92 bits per heavy atom. The molecular formula is C8H7F3Se. The first kappa shape index (κ1) is 9.62. The van der Waals surface area contributed by atoms with Crippen LogP contribution >= 0.6 is 0 Å². The summed E-state index contributed by atoms with van der Waals surface area (Å²) in [6, 6.07) is 5.31. The molecule has 4 heteroatoms. The third-order valence-electron chi connectivity index (χ3n) is 1.42. The van der Waals surface area contributed by atoms with E-state index in [0.29, 0.717) is 0 Å². The first-order valence-corrected chi connectivity index (χ1v) is 5.82. The van der Waals surface area contributed by atoms with Gasteiger partial charge in [0.2, 0.25) is 0 Å². The number of rotatable bonds is 1. The molecule has 1 aromatic rings. The molecule has 0 radical (unpaired) electrons. The molecule has 0 N–H and O–H groups in total. The molecule has 0 amide bonds. The topological polar surface area (TPSA) is 0 Å². The number of halogens is 3. The van der Waals surface area contributed by atoms with Crippen LogP contribution in [0.5, 0.6) is 0 Å². The Morgan fingerprint density at radius 2 is 1.58 bits per heavy atom. The van der Waals surface area contributed by atoms with E-state index in [9.17, 15) is 13.2 Å². The molecule has 0 saturated carbocycles. The monoisotopic (exact) mass is 240 g/mol.